The van der Waals surface area contributed by atoms with Crippen LogP contribution >= 0.6 is 0 Å². The van der Waals surface area contributed by atoms with Crippen molar-refractivity contribution in [3.63, 3.8) is 0 Å². The van der Waals surface area contributed by atoms with Crippen LogP contribution in [-0.4, -0.2) is 39.1 Å². The number of nitrogens with one attached hydrogen (secondary N) is 3. The molecule has 0 spiro atoms. The predicted molar refractivity (Wildman–Crippen MR) is 122 cm³/mol. The molecule has 0 radical (unpaired) electrons. The average Bonchev–Trinajstić information content (AvgIpc) is 3.29. The highest BCUT2D eigenvalue weighted by Gasteiger charge is 2.13. The molecule has 0 saturated heterocycles. The van der Waals surface area contributed by atoms with E-state index in [-0.39, 0.29) is 11.6 Å². The Bertz CT molecular complexity index is 1190. The number of amides is 1. The second-order valence-corrected chi connectivity index (χ2v) is 7.21. The van der Waals surface area contributed by atoms with Gasteiger partial charge in [0.25, 0.3) is 5.91 Å². The normalized spacial score (nSPS) is 10.6. The van der Waals surface area contributed by atoms with E-state index >= 15 is 0 Å². The van der Waals surface area contributed by atoms with E-state index in [9.17, 15) is 4.79 Å². The number of anilines is 3. The quantitative estimate of drug-likeness (QED) is 0.363. The van der Waals surface area contributed by atoms with E-state index in [2.05, 4.69) is 36.1 Å². The minimum atomic E-state index is -0.322. The van der Waals surface area contributed by atoms with Crippen LogP contribution in [0.5, 0.6) is 0 Å². The van der Waals surface area contributed by atoms with E-state index < -0.39 is 0 Å². The highest BCUT2D eigenvalue weighted by atomic mass is 16.5. The van der Waals surface area contributed by atoms with Crippen molar-refractivity contribution in [3.05, 3.63) is 77.9 Å². The molecule has 0 unspecified atom stereocenters. The molecule has 0 aliphatic carbocycles. The Kier molecular flexibility index (Phi) is 6.35. The van der Waals surface area contributed by atoms with Crippen LogP contribution in [0.25, 0.3) is 11.3 Å². The maximum atomic E-state index is 12.3. The van der Waals surface area contributed by atoms with Gasteiger partial charge in [-0.25, -0.2) is 4.98 Å². The number of aromatic nitrogens is 4. The van der Waals surface area contributed by atoms with Gasteiger partial charge in [-0.1, -0.05) is 22.9 Å². The van der Waals surface area contributed by atoms with Crippen LogP contribution in [0.3, 0.4) is 0 Å². The SMILES string of the molecule is Cc1ccc(Nc2cc(C)nc(NCCNC(=O)c3cc(-c4cccnc4)on3)n2)cc1. The Morgan fingerprint density at radius 1 is 1.03 bits per heavy atom. The van der Waals surface area contributed by atoms with E-state index in [1.165, 1.54) is 5.56 Å². The van der Waals surface area contributed by atoms with E-state index in [1.54, 1.807) is 24.5 Å². The van der Waals surface area contributed by atoms with Crippen molar-refractivity contribution < 1.29 is 9.32 Å². The minimum Gasteiger partial charge on any atom is -0.355 e. The smallest absolute Gasteiger partial charge is 0.273 e. The number of carbonyl (C=O) groups is 1. The molecule has 9 nitrogen and oxygen atoms in total. The monoisotopic (exact) mass is 429 g/mol. The van der Waals surface area contributed by atoms with Crippen molar-refractivity contribution in [3.8, 4) is 11.3 Å². The first-order chi connectivity index (χ1) is 15.6. The summed E-state index contributed by atoms with van der Waals surface area (Å²) in [6.45, 7) is 4.76. The van der Waals surface area contributed by atoms with Crippen LogP contribution in [0, 0.1) is 13.8 Å². The Labute approximate surface area is 185 Å². The van der Waals surface area contributed by atoms with Crippen molar-refractivity contribution in [1.29, 1.82) is 0 Å². The van der Waals surface area contributed by atoms with Crippen LogP contribution in [0.15, 0.2) is 65.4 Å². The maximum Gasteiger partial charge on any atom is 0.273 e. The molecule has 4 rings (SSSR count). The molecule has 1 aromatic carbocycles. The van der Waals surface area contributed by atoms with Gasteiger partial charge in [0.1, 0.15) is 5.82 Å². The number of pyridine rings is 1. The Balaban J connectivity index is 1.29. The fourth-order valence-electron chi connectivity index (χ4n) is 2.96. The molecular formula is C23H23N7O2. The summed E-state index contributed by atoms with van der Waals surface area (Å²) in [6, 6.07) is 15.2. The standard InChI is InChI=1S/C23H23N7O2/c1-15-5-7-18(8-6-15)28-21-12-16(2)27-23(29-21)26-11-10-25-22(31)19-13-20(32-30-19)17-4-3-9-24-14-17/h3-9,12-14H,10-11H2,1-2H3,(H,25,31)(H2,26,27,28,29). The van der Waals surface area contributed by atoms with Crippen LogP contribution < -0.4 is 16.0 Å². The fourth-order valence-corrected chi connectivity index (χ4v) is 2.96. The first-order valence-electron chi connectivity index (χ1n) is 10.2. The molecule has 162 valence electrons. The first-order valence-corrected chi connectivity index (χ1v) is 10.2. The van der Waals surface area contributed by atoms with Crippen molar-refractivity contribution >= 4 is 23.4 Å². The summed E-state index contributed by atoms with van der Waals surface area (Å²) in [7, 11) is 0. The van der Waals surface area contributed by atoms with Crippen LogP contribution in [0.2, 0.25) is 0 Å². The summed E-state index contributed by atoms with van der Waals surface area (Å²) >= 11 is 0. The Hall–Kier alpha value is -4.27. The molecule has 3 N–H and O–H groups in total. The molecule has 3 aromatic heterocycles. The van der Waals surface area contributed by atoms with Gasteiger partial charge in [0.15, 0.2) is 11.5 Å². The third-order valence-electron chi connectivity index (χ3n) is 4.56. The lowest BCUT2D eigenvalue weighted by Crippen LogP contribution is -2.29. The number of carbonyl (C=O) groups excluding carboxylic acids is 1. The van der Waals surface area contributed by atoms with Gasteiger partial charge in [0, 0.05) is 54.6 Å². The molecule has 0 aliphatic rings. The number of hydrogen-bond acceptors (Lipinski definition) is 8. The molecule has 3 heterocycles. The van der Waals surface area contributed by atoms with Crippen molar-refractivity contribution in [2.45, 2.75) is 13.8 Å². The lowest BCUT2D eigenvalue weighted by atomic mass is 10.2. The van der Waals surface area contributed by atoms with Gasteiger partial charge >= 0.3 is 0 Å². The number of aryl methyl sites for hydroxylation is 2. The van der Waals surface area contributed by atoms with Crippen LogP contribution in [-0.2, 0) is 0 Å². The third kappa shape index (κ3) is 5.45. The van der Waals surface area contributed by atoms with Crippen LogP contribution in [0.4, 0.5) is 17.5 Å². The van der Waals surface area contributed by atoms with Gasteiger partial charge in [-0.2, -0.15) is 4.98 Å². The van der Waals surface area contributed by atoms with Gasteiger partial charge in [0.2, 0.25) is 5.95 Å². The van der Waals surface area contributed by atoms with Crippen LogP contribution in [0.1, 0.15) is 21.7 Å². The molecule has 4 aromatic rings. The Morgan fingerprint density at radius 2 is 1.88 bits per heavy atom. The molecule has 1 amide bonds. The lowest BCUT2D eigenvalue weighted by Gasteiger charge is -2.10. The second-order valence-electron chi connectivity index (χ2n) is 7.21. The van der Waals surface area contributed by atoms with Gasteiger partial charge in [-0.15, -0.1) is 0 Å². The molecular weight excluding hydrogens is 406 g/mol. The van der Waals surface area contributed by atoms with Gasteiger partial charge in [-0.3, -0.25) is 9.78 Å². The highest BCUT2D eigenvalue weighted by molar-refractivity contribution is 5.93. The van der Waals surface area contributed by atoms with Gasteiger partial charge in [0.05, 0.1) is 0 Å². The third-order valence-corrected chi connectivity index (χ3v) is 4.56. The highest BCUT2D eigenvalue weighted by Crippen LogP contribution is 2.19. The molecule has 0 aliphatic heterocycles. The first kappa shape index (κ1) is 21.0. The zero-order chi connectivity index (χ0) is 22.3. The lowest BCUT2D eigenvalue weighted by molar-refractivity contribution is 0.0946. The fraction of sp³-hybridized carbons (Fsp3) is 0.174. The molecule has 0 bridgehead atoms. The molecule has 9 heteroatoms. The van der Waals surface area contributed by atoms with Crippen molar-refractivity contribution in [2.75, 3.05) is 23.7 Å². The predicted octanol–water partition coefficient (Wildman–Crippen LogP) is 3.73. The summed E-state index contributed by atoms with van der Waals surface area (Å²) in [5.74, 6) is 1.34. The van der Waals surface area contributed by atoms with E-state index in [4.69, 9.17) is 4.52 Å². The van der Waals surface area contributed by atoms with E-state index in [0.717, 1.165) is 16.9 Å². The summed E-state index contributed by atoms with van der Waals surface area (Å²) in [4.78, 5) is 25.2. The number of nitrogens with zero attached hydrogens (tertiary/aromatic N) is 4. The minimum absolute atomic E-state index is 0.209. The number of benzene rings is 1. The molecule has 0 atom stereocenters. The topological polar surface area (TPSA) is 118 Å². The zero-order valence-corrected chi connectivity index (χ0v) is 17.8. The average molecular weight is 429 g/mol. The maximum absolute atomic E-state index is 12.3. The molecule has 32 heavy (non-hydrogen) atoms. The number of hydrogen-bond donors (Lipinski definition) is 3. The molecule has 0 saturated carbocycles. The summed E-state index contributed by atoms with van der Waals surface area (Å²) in [6.07, 6.45) is 3.32. The second kappa shape index (κ2) is 9.69. The van der Waals surface area contributed by atoms with E-state index in [0.29, 0.717) is 30.6 Å². The van der Waals surface area contributed by atoms with Gasteiger partial charge in [-0.05, 0) is 38.1 Å². The summed E-state index contributed by atoms with van der Waals surface area (Å²) in [5.41, 5.74) is 3.93. The summed E-state index contributed by atoms with van der Waals surface area (Å²) in [5, 5.41) is 13.0. The summed E-state index contributed by atoms with van der Waals surface area (Å²) < 4.78 is 5.24. The molecule has 0 fully saturated rings. The number of rotatable bonds is 8. The zero-order valence-electron chi connectivity index (χ0n) is 17.8. The Morgan fingerprint density at radius 3 is 2.66 bits per heavy atom. The van der Waals surface area contributed by atoms with Crippen molar-refractivity contribution in [2.24, 2.45) is 0 Å². The van der Waals surface area contributed by atoms with E-state index in [1.807, 2.05) is 50.2 Å². The van der Waals surface area contributed by atoms with Gasteiger partial charge < -0.3 is 20.5 Å². The largest absolute Gasteiger partial charge is 0.355 e. The van der Waals surface area contributed by atoms with Crippen molar-refractivity contribution in [1.82, 2.24) is 25.4 Å².